The first-order chi connectivity index (χ1) is 14.7. The van der Waals surface area contributed by atoms with Crippen LogP contribution in [0.3, 0.4) is 0 Å². The molecule has 6 nitrogen and oxygen atoms in total. The monoisotopic (exact) mass is 676 g/mol. The van der Waals surface area contributed by atoms with Crippen LogP contribution in [0.2, 0.25) is 19.6 Å². The normalized spacial score (nSPS) is 12.8. The van der Waals surface area contributed by atoms with Gasteiger partial charge in [-0.1, -0.05) is 36.4 Å². The number of aromatic nitrogens is 4. The summed E-state index contributed by atoms with van der Waals surface area (Å²) in [6.45, 7) is 14.4. The van der Waals surface area contributed by atoms with E-state index in [1.54, 1.807) is 13.8 Å². The highest BCUT2D eigenvalue weighted by Crippen LogP contribution is 2.34. The lowest BCUT2D eigenvalue weighted by atomic mass is 9.96. The van der Waals surface area contributed by atoms with E-state index in [9.17, 15) is 5.11 Å². The molecule has 0 aliphatic rings. The maximum Gasteiger partial charge on any atom is 0.184 e. The Morgan fingerprint density at radius 1 is 0.812 bits per heavy atom. The van der Waals surface area contributed by atoms with Crippen LogP contribution in [0.5, 0.6) is 0 Å². The molecule has 3 N–H and O–H groups in total. The number of benzene rings is 2. The molecule has 0 spiro atoms. The second-order valence-corrected chi connectivity index (χ2v) is 16.3. The number of hydrogen-bond donors (Lipinski definition) is 3. The highest BCUT2D eigenvalue weighted by Gasteiger charge is 2.31. The first-order valence-electron chi connectivity index (χ1n) is 10.4. The third-order valence-corrected chi connectivity index (χ3v) is 7.71. The van der Waals surface area contributed by atoms with Gasteiger partial charge in [-0.2, -0.15) is 10.2 Å². The Hall–Kier alpha value is -1.02. The molecule has 4 rings (SSSR count). The van der Waals surface area contributed by atoms with Crippen molar-refractivity contribution in [2.24, 2.45) is 0 Å². The molecule has 2 aromatic carbocycles. The molecule has 0 amide bonds. The van der Waals surface area contributed by atoms with E-state index in [1.807, 2.05) is 18.2 Å². The molecule has 172 valence electrons. The summed E-state index contributed by atoms with van der Waals surface area (Å²) in [5.74, 6) is 0. The lowest BCUT2D eigenvalue weighted by Gasteiger charge is -2.33. The average molecular weight is 676 g/mol. The highest BCUT2D eigenvalue weighted by atomic mass is 127. The van der Waals surface area contributed by atoms with E-state index in [0.29, 0.717) is 0 Å². The predicted molar refractivity (Wildman–Crippen MR) is 150 cm³/mol. The van der Waals surface area contributed by atoms with Crippen LogP contribution in [-0.4, -0.2) is 33.8 Å². The van der Waals surface area contributed by atoms with Gasteiger partial charge in [-0.05, 0) is 92.5 Å². The highest BCUT2D eigenvalue weighted by molar-refractivity contribution is 14.1. The van der Waals surface area contributed by atoms with Gasteiger partial charge in [0.25, 0.3) is 0 Å². The Morgan fingerprint density at radius 3 is 1.69 bits per heavy atom. The van der Waals surface area contributed by atoms with Gasteiger partial charge in [0.2, 0.25) is 0 Å². The fourth-order valence-corrected chi connectivity index (χ4v) is 6.57. The Bertz CT molecular complexity index is 1240. The minimum absolute atomic E-state index is 0.303. The first kappa shape index (κ1) is 25.6. The van der Waals surface area contributed by atoms with Gasteiger partial charge >= 0.3 is 0 Å². The van der Waals surface area contributed by atoms with Crippen molar-refractivity contribution >= 4 is 75.3 Å². The van der Waals surface area contributed by atoms with Crippen LogP contribution < -0.4 is 0 Å². The van der Waals surface area contributed by atoms with Gasteiger partial charge in [-0.15, -0.1) is 0 Å². The number of H-pyrrole nitrogens is 2. The van der Waals surface area contributed by atoms with Crippen LogP contribution in [0.25, 0.3) is 21.8 Å². The van der Waals surface area contributed by atoms with E-state index in [-0.39, 0.29) is 5.60 Å². The standard InChI is InChI=1S/C13H19IN2OSi.C10H11IN2O/c1-13(2,17-18(3,4)5)10-8-6-7-9-11(10)15-16-12(9)14;1-10(2,14)7-5-3-4-6-8(7)12-13-9(6)11/h6-8H,1-5H3,(H,15,16);3-5,14H,1-2H3,(H,12,13). The first-order valence-corrected chi connectivity index (χ1v) is 16.0. The summed E-state index contributed by atoms with van der Waals surface area (Å²) in [5, 5.41) is 26.7. The van der Waals surface area contributed by atoms with Crippen molar-refractivity contribution in [1.29, 1.82) is 0 Å². The van der Waals surface area contributed by atoms with Crippen LogP contribution in [0.4, 0.5) is 0 Å². The fourth-order valence-electron chi connectivity index (χ4n) is 3.81. The molecule has 0 bridgehead atoms. The lowest BCUT2D eigenvalue weighted by molar-refractivity contribution is 0.0800. The summed E-state index contributed by atoms with van der Waals surface area (Å²) in [7, 11) is -1.60. The number of aliphatic hydroxyl groups is 1. The summed E-state index contributed by atoms with van der Waals surface area (Å²) >= 11 is 4.47. The van der Waals surface area contributed by atoms with Crippen molar-refractivity contribution in [3.05, 3.63) is 54.9 Å². The van der Waals surface area contributed by atoms with Crippen LogP contribution in [0.1, 0.15) is 38.8 Å². The third-order valence-electron chi connectivity index (χ3n) is 4.95. The zero-order valence-corrected chi connectivity index (χ0v) is 24.8. The maximum absolute atomic E-state index is 9.94. The molecular formula is C23H30I2N4O2Si. The molecule has 0 unspecified atom stereocenters. The number of aromatic amines is 2. The van der Waals surface area contributed by atoms with Gasteiger partial charge in [-0.25, -0.2) is 0 Å². The fraction of sp³-hybridized carbons (Fsp3) is 0.391. The zero-order chi connectivity index (χ0) is 23.9. The van der Waals surface area contributed by atoms with Gasteiger partial charge in [0.1, 0.15) is 7.40 Å². The molecule has 32 heavy (non-hydrogen) atoms. The molecule has 0 fully saturated rings. The Labute approximate surface area is 217 Å². The second kappa shape index (κ2) is 9.32. The van der Waals surface area contributed by atoms with Crippen molar-refractivity contribution in [3.63, 3.8) is 0 Å². The maximum atomic E-state index is 9.94. The van der Waals surface area contributed by atoms with Crippen LogP contribution in [-0.2, 0) is 15.6 Å². The Kier molecular flexibility index (Phi) is 7.45. The number of para-hydroxylation sites is 2. The summed E-state index contributed by atoms with van der Waals surface area (Å²) in [5.41, 5.74) is 2.73. The Balaban J connectivity index is 0.000000186. The molecule has 0 atom stereocenters. The molecule has 0 aliphatic carbocycles. The summed E-state index contributed by atoms with van der Waals surface area (Å²) in [6.07, 6.45) is 0. The quantitative estimate of drug-likeness (QED) is 0.167. The average Bonchev–Trinajstić information content (AvgIpc) is 3.23. The number of nitrogens with one attached hydrogen (secondary N) is 2. The molecule has 2 aromatic heterocycles. The van der Waals surface area contributed by atoms with E-state index >= 15 is 0 Å². The summed E-state index contributed by atoms with van der Waals surface area (Å²) in [4.78, 5) is 0. The van der Waals surface area contributed by atoms with Crippen molar-refractivity contribution in [2.45, 2.75) is 58.5 Å². The van der Waals surface area contributed by atoms with Gasteiger partial charge in [0.05, 0.1) is 22.2 Å². The topological polar surface area (TPSA) is 86.8 Å². The molecule has 4 aromatic rings. The van der Waals surface area contributed by atoms with Crippen LogP contribution in [0, 0.1) is 7.40 Å². The van der Waals surface area contributed by atoms with Crippen molar-refractivity contribution in [1.82, 2.24) is 20.4 Å². The van der Waals surface area contributed by atoms with E-state index in [1.165, 1.54) is 5.39 Å². The molecule has 0 aliphatic heterocycles. The number of fused-ring (bicyclic) bond motifs is 2. The molecule has 0 saturated heterocycles. The number of halogens is 2. The van der Waals surface area contributed by atoms with Crippen LogP contribution >= 0.6 is 45.2 Å². The molecule has 0 saturated carbocycles. The smallest absolute Gasteiger partial charge is 0.184 e. The minimum Gasteiger partial charge on any atom is -0.409 e. The molecule has 0 radical (unpaired) electrons. The van der Waals surface area contributed by atoms with Crippen molar-refractivity contribution in [2.75, 3.05) is 0 Å². The lowest BCUT2D eigenvalue weighted by Crippen LogP contribution is -2.36. The summed E-state index contributed by atoms with van der Waals surface area (Å²) in [6, 6.07) is 12.1. The number of hydrogen-bond acceptors (Lipinski definition) is 4. The molecular weight excluding hydrogens is 646 g/mol. The van der Waals surface area contributed by atoms with Gasteiger partial charge in [0, 0.05) is 21.9 Å². The van der Waals surface area contributed by atoms with Gasteiger partial charge in [-0.3, -0.25) is 10.2 Å². The SMILES string of the molecule is CC(C)(O)c1cccc2c(I)[nH]nc12.CC(C)(O[Si](C)(C)C)c1cccc2c(I)[nH]nc12. The van der Waals surface area contributed by atoms with Gasteiger partial charge < -0.3 is 9.53 Å². The van der Waals surface area contributed by atoms with Gasteiger partial charge in [0.15, 0.2) is 8.32 Å². The van der Waals surface area contributed by atoms with E-state index in [4.69, 9.17) is 4.43 Å². The van der Waals surface area contributed by atoms with E-state index in [0.717, 1.165) is 34.9 Å². The molecule has 9 heteroatoms. The van der Waals surface area contributed by atoms with Crippen molar-refractivity contribution < 1.29 is 9.53 Å². The second-order valence-electron chi connectivity index (χ2n) is 9.76. The third kappa shape index (κ3) is 5.72. The summed E-state index contributed by atoms with van der Waals surface area (Å²) < 4.78 is 8.39. The van der Waals surface area contributed by atoms with E-state index < -0.39 is 13.9 Å². The van der Waals surface area contributed by atoms with Crippen LogP contribution in [0.15, 0.2) is 36.4 Å². The number of nitrogens with zero attached hydrogens (tertiary/aromatic N) is 2. The number of rotatable bonds is 4. The van der Waals surface area contributed by atoms with E-state index in [2.05, 4.69) is 117 Å². The zero-order valence-electron chi connectivity index (χ0n) is 19.5. The largest absolute Gasteiger partial charge is 0.409 e. The predicted octanol–water partition coefficient (Wildman–Crippen LogP) is 6.65. The minimum atomic E-state index is -1.60. The molecule has 2 heterocycles. The van der Waals surface area contributed by atoms with Crippen molar-refractivity contribution in [3.8, 4) is 0 Å². The Morgan fingerprint density at radius 2 is 1.25 bits per heavy atom.